The van der Waals surface area contributed by atoms with Crippen molar-refractivity contribution in [3.8, 4) is 0 Å². The van der Waals surface area contributed by atoms with E-state index in [1.54, 1.807) is 0 Å². The summed E-state index contributed by atoms with van der Waals surface area (Å²) in [5.74, 6) is 1.66. The summed E-state index contributed by atoms with van der Waals surface area (Å²) in [5, 5.41) is 0. The molecule has 23 heavy (non-hydrogen) atoms. The summed E-state index contributed by atoms with van der Waals surface area (Å²) in [6, 6.07) is 10.4. The molecule has 0 bridgehead atoms. The van der Waals surface area contributed by atoms with E-state index in [9.17, 15) is 4.79 Å². The molecule has 0 N–H and O–H groups in total. The predicted molar refractivity (Wildman–Crippen MR) is 90.1 cm³/mol. The van der Waals surface area contributed by atoms with E-state index >= 15 is 0 Å². The average molecular weight is 311 g/mol. The van der Waals surface area contributed by atoms with E-state index in [1.165, 1.54) is 5.56 Å². The third kappa shape index (κ3) is 2.61. The lowest BCUT2D eigenvalue weighted by Crippen LogP contribution is -2.49. The molecule has 0 saturated carbocycles. The van der Waals surface area contributed by atoms with Crippen molar-refractivity contribution in [2.45, 2.75) is 31.1 Å². The number of carbonyl (C=O) groups excluding carboxylic acids is 1. The van der Waals surface area contributed by atoms with Crippen molar-refractivity contribution in [3.63, 3.8) is 0 Å². The van der Waals surface area contributed by atoms with Gasteiger partial charge in [0.15, 0.2) is 0 Å². The summed E-state index contributed by atoms with van der Waals surface area (Å²) in [7, 11) is 0. The van der Waals surface area contributed by atoms with Gasteiger partial charge in [-0.1, -0.05) is 42.5 Å². The lowest BCUT2D eigenvalue weighted by atomic mass is 9.73. The minimum atomic E-state index is -0.375. The maximum Gasteiger partial charge on any atom is 0.233 e. The highest BCUT2D eigenvalue weighted by molar-refractivity contribution is 5.88. The highest BCUT2D eigenvalue weighted by Crippen LogP contribution is 2.40. The van der Waals surface area contributed by atoms with Gasteiger partial charge in [0, 0.05) is 26.3 Å². The van der Waals surface area contributed by atoms with Crippen LogP contribution in [0.25, 0.3) is 0 Å². The van der Waals surface area contributed by atoms with Crippen LogP contribution in [0.5, 0.6) is 0 Å². The van der Waals surface area contributed by atoms with Gasteiger partial charge in [0.2, 0.25) is 5.91 Å². The summed E-state index contributed by atoms with van der Waals surface area (Å²) >= 11 is 0. The number of rotatable bonds is 2. The maximum absolute atomic E-state index is 13.5. The molecule has 1 aromatic carbocycles. The summed E-state index contributed by atoms with van der Waals surface area (Å²) < 4.78 is 5.57. The van der Waals surface area contributed by atoms with Gasteiger partial charge >= 0.3 is 0 Å². The first kappa shape index (κ1) is 14.9. The molecule has 1 aromatic rings. The van der Waals surface area contributed by atoms with Gasteiger partial charge in [-0.3, -0.25) is 4.79 Å². The fraction of sp³-hybridized carbons (Fsp3) is 0.550. The van der Waals surface area contributed by atoms with E-state index in [1.807, 2.05) is 18.2 Å². The molecule has 2 heterocycles. The quantitative estimate of drug-likeness (QED) is 0.785. The molecule has 0 aromatic heterocycles. The van der Waals surface area contributed by atoms with Crippen molar-refractivity contribution in [2.75, 3.05) is 26.3 Å². The minimum Gasteiger partial charge on any atom is -0.381 e. The Labute approximate surface area is 138 Å². The normalized spacial score (nSPS) is 29.3. The number of likely N-dealkylation sites (tertiary alicyclic amines) is 1. The van der Waals surface area contributed by atoms with Crippen molar-refractivity contribution in [1.29, 1.82) is 0 Å². The second kappa shape index (κ2) is 6.12. The van der Waals surface area contributed by atoms with Gasteiger partial charge in [-0.05, 0) is 43.1 Å². The fourth-order valence-corrected chi connectivity index (χ4v) is 4.59. The summed E-state index contributed by atoms with van der Waals surface area (Å²) in [4.78, 5) is 15.7. The first-order valence-corrected chi connectivity index (χ1v) is 8.87. The van der Waals surface area contributed by atoms with Gasteiger partial charge in [0.25, 0.3) is 0 Å². The Kier molecular flexibility index (Phi) is 3.98. The van der Waals surface area contributed by atoms with Crippen LogP contribution in [0.3, 0.4) is 0 Å². The molecule has 1 amide bonds. The van der Waals surface area contributed by atoms with Gasteiger partial charge in [-0.25, -0.2) is 0 Å². The molecular weight excluding hydrogens is 286 g/mol. The Morgan fingerprint density at radius 3 is 2.22 bits per heavy atom. The zero-order valence-corrected chi connectivity index (χ0v) is 13.6. The molecule has 0 spiro atoms. The van der Waals surface area contributed by atoms with Crippen molar-refractivity contribution < 1.29 is 9.53 Å². The maximum atomic E-state index is 13.5. The van der Waals surface area contributed by atoms with Gasteiger partial charge in [-0.15, -0.1) is 0 Å². The lowest BCUT2D eigenvalue weighted by molar-refractivity contribution is -0.140. The standard InChI is InChI=1S/C20H25NO2/c22-19(21-14-16-6-4-5-7-17(16)15-21)20(10-12-23-13-11-20)18-8-2-1-3-9-18/h1-5,8-9,16-17H,6-7,10-15H2/t16-,17+. The number of hydrogen-bond acceptors (Lipinski definition) is 2. The van der Waals surface area contributed by atoms with Gasteiger partial charge in [0.1, 0.15) is 0 Å². The highest BCUT2D eigenvalue weighted by Gasteiger charge is 2.47. The van der Waals surface area contributed by atoms with E-state index in [0.717, 1.165) is 38.8 Å². The molecule has 3 heteroatoms. The van der Waals surface area contributed by atoms with E-state index in [-0.39, 0.29) is 5.41 Å². The monoisotopic (exact) mass is 311 g/mol. The molecule has 4 rings (SSSR count). The Bertz CT molecular complexity index is 573. The molecule has 1 aliphatic carbocycles. The number of hydrogen-bond donors (Lipinski definition) is 0. The third-order valence-corrected chi connectivity index (χ3v) is 5.99. The highest BCUT2D eigenvalue weighted by atomic mass is 16.5. The van der Waals surface area contributed by atoms with E-state index in [4.69, 9.17) is 4.74 Å². The number of carbonyl (C=O) groups is 1. The Morgan fingerprint density at radius 2 is 1.61 bits per heavy atom. The van der Waals surface area contributed by atoms with Gasteiger partial charge in [0.05, 0.1) is 5.41 Å². The van der Waals surface area contributed by atoms with Crippen LogP contribution in [0.2, 0.25) is 0 Å². The Balaban J connectivity index is 1.61. The zero-order valence-electron chi connectivity index (χ0n) is 13.6. The van der Waals surface area contributed by atoms with Crippen LogP contribution in [0.15, 0.2) is 42.5 Å². The number of nitrogens with zero attached hydrogens (tertiary/aromatic N) is 1. The van der Waals surface area contributed by atoms with E-state index in [2.05, 4.69) is 29.2 Å². The van der Waals surface area contributed by atoms with Crippen LogP contribution in [-0.4, -0.2) is 37.1 Å². The second-order valence-corrected chi connectivity index (χ2v) is 7.23. The minimum absolute atomic E-state index is 0.335. The molecule has 0 radical (unpaired) electrons. The SMILES string of the molecule is O=C(N1C[C@H]2CC=CC[C@H]2C1)C1(c2ccccc2)CCOCC1. The van der Waals surface area contributed by atoms with E-state index < -0.39 is 0 Å². The van der Waals surface area contributed by atoms with Crippen LogP contribution < -0.4 is 0 Å². The van der Waals surface area contributed by atoms with Crippen LogP contribution in [-0.2, 0) is 14.9 Å². The molecule has 0 unspecified atom stereocenters. The number of allylic oxidation sites excluding steroid dienone is 2. The molecule has 2 aliphatic heterocycles. The number of amides is 1. The summed E-state index contributed by atoms with van der Waals surface area (Å²) in [6.45, 7) is 3.23. The van der Waals surface area contributed by atoms with Gasteiger partial charge in [-0.2, -0.15) is 0 Å². The Morgan fingerprint density at radius 1 is 1.00 bits per heavy atom. The molecule has 2 fully saturated rings. The summed E-state index contributed by atoms with van der Waals surface area (Å²) in [6.07, 6.45) is 8.46. The Hall–Kier alpha value is -1.61. The third-order valence-electron chi connectivity index (χ3n) is 5.99. The van der Waals surface area contributed by atoms with Crippen LogP contribution in [0, 0.1) is 11.8 Å². The second-order valence-electron chi connectivity index (χ2n) is 7.23. The molecular formula is C20H25NO2. The van der Waals surface area contributed by atoms with Crippen molar-refractivity contribution in [3.05, 3.63) is 48.0 Å². The number of benzene rings is 1. The molecule has 122 valence electrons. The lowest BCUT2D eigenvalue weighted by Gasteiger charge is -2.39. The topological polar surface area (TPSA) is 29.5 Å². The number of fused-ring (bicyclic) bond motifs is 1. The van der Waals surface area contributed by atoms with Crippen LogP contribution >= 0.6 is 0 Å². The fourth-order valence-electron chi connectivity index (χ4n) is 4.59. The van der Waals surface area contributed by atoms with Crippen LogP contribution in [0.1, 0.15) is 31.2 Å². The molecule has 3 aliphatic rings. The predicted octanol–water partition coefficient (Wildman–Crippen LogP) is 3.16. The van der Waals surface area contributed by atoms with Crippen molar-refractivity contribution in [1.82, 2.24) is 4.90 Å². The van der Waals surface area contributed by atoms with Gasteiger partial charge < -0.3 is 9.64 Å². The van der Waals surface area contributed by atoms with Crippen molar-refractivity contribution in [2.24, 2.45) is 11.8 Å². The van der Waals surface area contributed by atoms with E-state index in [0.29, 0.717) is 31.0 Å². The number of ether oxygens (including phenoxy) is 1. The summed E-state index contributed by atoms with van der Waals surface area (Å²) in [5.41, 5.74) is 0.793. The first-order chi connectivity index (χ1) is 11.3. The van der Waals surface area contributed by atoms with Crippen molar-refractivity contribution >= 4 is 5.91 Å². The largest absolute Gasteiger partial charge is 0.381 e. The molecule has 2 saturated heterocycles. The molecule has 2 atom stereocenters. The molecule has 3 nitrogen and oxygen atoms in total. The smallest absolute Gasteiger partial charge is 0.233 e. The average Bonchev–Trinajstić information content (AvgIpc) is 3.06. The first-order valence-electron chi connectivity index (χ1n) is 8.87. The van der Waals surface area contributed by atoms with Crippen LogP contribution in [0.4, 0.5) is 0 Å². The zero-order chi connectivity index (χ0) is 15.7.